The predicted octanol–water partition coefficient (Wildman–Crippen LogP) is 2.71. The lowest BCUT2D eigenvalue weighted by Gasteiger charge is -2.16. The number of thiophene rings is 1. The van der Waals surface area contributed by atoms with E-state index in [9.17, 15) is 0 Å². The number of nitrogens with one attached hydrogen (secondary N) is 1. The van der Waals surface area contributed by atoms with Crippen molar-refractivity contribution in [3.63, 3.8) is 0 Å². The van der Waals surface area contributed by atoms with E-state index in [1.807, 2.05) is 0 Å². The molecule has 21 heavy (non-hydrogen) atoms. The van der Waals surface area contributed by atoms with Crippen molar-refractivity contribution in [3.8, 4) is 0 Å². The first-order chi connectivity index (χ1) is 10.3. The zero-order chi connectivity index (χ0) is 14.7. The fraction of sp³-hybridized carbons (Fsp3) is 0.400. The lowest BCUT2D eigenvalue weighted by atomic mass is 10.0. The Labute approximate surface area is 128 Å². The van der Waals surface area contributed by atoms with Gasteiger partial charge in [0.25, 0.3) is 0 Å². The van der Waals surface area contributed by atoms with Gasteiger partial charge in [-0.25, -0.2) is 0 Å². The third kappa shape index (κ3) is 3.11. The maximum absolute atomic E-state index is 4.31. The van der Waals surface area contributed by atoms with Crippen LogP contribution in [0, 0.1) is 0 Å². The monoisotopic (exact) mass is 301 g/mol. The van der Waals surface area contributed by atoms with Gasteiger partial charge in [-0.05, 0) is 40.6 Å². The van der Waals surface area contributed by atoms with Crippen molar-refractivity contribution >= 4 is 21.4 Å². The quantitative estimate of drug-likeness (QED) is 0.760. The van der Waals surface area contributed by atoms with Crippen molar-refractivity contribution in [1.29, 1.82) is 0 Å². The molecule has 0 aliphatic heterocycles. The Hall–Kier alpha value is -1.79. The zero-order valence-electron chi connectivity index (χ0n) is 12.3. The Kier molecular flexibility index (Phi) is 4.26. The highest BCUT2D eigenvalue weighted by Gasteiger charge is 2.18. The van der Waals surface area contributed by atoms with Crippen molar-refractivity contribution < 1.29 is 0 Å². The van der Waals surface area contributed by atoms with Crippen molar-refractivity contribution in [2.75, 3.05) is 6.54 Å². The molecule has 1 atom stereocenters. The Morgan fingerprint density at radius 1 is 1.33 bits per heavy atom. The Morgan fingerprint density at radius 2 is 2.19 bits per heavy atom. The maximum atomic E-state index is 4.31. The topological polar surface area (TPSA) is 55.6 Å². The van der Waals surface area contributed by atoms with Gasteiger partial charge in [-0.2, -0.15) is 4.80 Å². The largest absolute Gasteiger partial charge is 0.310 e. The highest BCUT2D eigenvalue weighted by atomic mass is 32.1. The van der Waals surface area contributed by atoms with Crippen LogP contribution in [0.1, 0.15) is 30.8 Å². The number of aromatic nitrogens is 4. The highest BCUT2D eigenvalue weighted by molar-refractivity contribution is 7.17. The second-order valence-electron chi connectivity index (χ2n) is 5.09. The lowest BCUT2D eigenvalue weighted by Crippen LogP contribution is -2.24. The van der Waals surface area contributed by atoms with Crippen LogP contribution in [0.15, 0.2) is 29.6 Å². The van der Waals surface area contributed by atoms with Gasteiger partial charge in [-0.1, -0.05) is 25.1 Å². The van der Waals surface area contributed by atoms with Crippen molar-refractivity contribution in [1.82, 2.24) is 25.5 Å². The summed E-state index contributed by atoms with van der Waals surface area (Å²) in [4.78, 5) is 1.51. The summed E-state index contributed by atoms with van der Waals surface area (Å²) in [6, 6.07) is 8.76. The molecule has 0 radical (unpaired) electrons. The summed E-state index contributed by atoms with van der Waals surface area (Å²) in [5.41, 5.74) is 1.33. The van der Waals surface area contributed by atoms with E-state index < -0.39 is 0 Å². The molecule has 3 aromatic rings. The predicted molar refractivity (Wildman–Crippen MR) is 85.4 cm³/mol. The third-order valence-electron chi connectivity index (χ3n) is 3.46. The minimum atomic E-state index is 0.227. The first kappa shape index (κ1) is 14.2. The average Bonchev–Trinajstić information content (AvgIpc) is 3.09. The summed E-state index contributed by atoms with van der Waals surface area (Å²) >= 11 is 1.79. The van der Waals surface area contributed by atoms with Gasteiger partial charge >= 0.3 is 0 Å². The smallest absolute Gasteiger partial charge is 0.176 e. The maximum Gasteiger partial charge on any atom is 0.176 e. The number of fused-ring (bicyclic) bond motifs is 1. The molecule has 1 N–H and O–H groups in total. The Balaban J connectivity index is 1.91. The van der Waals surface area contributed by atoms with Crippen LogP contribution in [0.3, 0.4) is 0 Å². The normalized spacial score (nSPS) is 12.9. The fourth-order valence-electron chi connectivity index (χ4n) is 2.47. The molecule has 1 unspecified atom stereocenters. The van der Waals surface area contributed by atoms with E-state index in [4.69, 9.17) is 0 Å². The number of aryl methyl sites for hydroxylation is 1. The summed E-state index contributed by atoms with van der Waals surface area (Å²) in [7, 11) is 1.80. The molecule has 0 amide bonds. The second kappa shape index (κ2) is 6.32. The summed E-state index contributed by atoms with van der Waals surface area (Å²) in [5, 5.41) is 19.5. The second-order valence-corrected chi connectivity index (χ2v) is 6.00. The molecule has 110 valence electrons. The van der Waals surface area contributed by atoms with E-state index in [0.717, 1.165) is 25.2 Å². The SMILES string of the molecule is CCCNC(Cc1nnn(C)n1)c1csc2ccccc12. The van der Waals surface area contributed by atoms with E-state index >= 15 is 0 Å². The number of hydrogen-bond acceptors (Lipinski definition) is 5. The van der Waals surface area contributed by atoms with Crippen LogP contribution in [0.4, 0.5) is 0 Å². The van der Waals surface area contributed by atoms with Gasteiger partial charge in [-0.3, -0.25) is 0 Å². The van der Waals surface area contributed by atoms with Crippen molar-refractivity contribution in [2.24, 2.45) is 7.05 Å². The minimum absolute atomic E-state index is 0.227. The molecule has 0 spiro atoms. The van der Waals surface area contributed by atoms with E-state index in [2.05, 4.69) is 57.3 Å². The molecule has 6 heteroatoms. The molecule has 0 aliphatic carbocycles. The lowest BCUT2D eigenvalue weighted by molar-refractivity contribution is 0.520. The van der Waals surface area contributed by atoms with Crippen LogP contribution in [0.5, 0.6) is 0 Å². The highest BCUT2D eigenvalue weighted by Crippen LogP contribution is 2.31. The Bertz CT molecular complexity index is 718. The zero-order valence-corrected chi connectivity index (χ0v) is 13.1. The molecule has 0 fully saturated rings. The fourth-order valence-corrected chi connectivity index (χ4v) is 3.48. The minimum Gasteiger partial charge on any atom is -0.310 e. The van der Waals surface area contributed by atoms with Gasteiger partial charge in [0.1, 0.15) is 0 Å². The van der Waals surface area contributed by atoms with E-state index in [0.29, 0.717) is 0 Å². The summed E-state index contributed by atoms with van der Waals surface area (Å²) in [6.45, 7) is 3.16. The molecule has 5 nitrogen and oxygen atoms in total. The van der Waals surface area contributed by atoms with Crippen molar-refractivity contribution in [2.45, 2.75) is 25.8 Å². The van der Waals surface area contributed by atoms with Crippen molar-refractivity contribution in [3.05, 3.63) is 41.0 Å². The van der Waals surface area contributed by atoms with Crippen LogP contribution < -0.4 is 5.32 Å². The van der Waals surface area contributed by atoms with Crippen LogP contribution in [-0.2, 0) is 13.5 Å². The molecule has 0 bridgehead atoms. The molecule has 2 aromatic heterocycles. The number of rotatable bonds is 6. The first-order valence-corrected chi connectivity index (χ1v) is 8.08. The molecule has 3 rings (SSSR count). The Morgan fingerprint density at radius 3 is 2.95 bits per heavy atom. The van der Waals surface area contributed by atoms with E-state index in [-0.39, 0.29) is 6.04 Å². The summed E-state index contributed by atoms with van der Waals surface area (Å²) in [6.07, 6.45) is 1.86. The molecule has 0 saturated carbocycles. The van der Waals surface area contributed by atoms with E-state index in [1.54, 1.807) is 18.4 Å². The third-order valence-corrected chi connectivity index (χ3v) is 4.45. The standard InChI is InChI=1S/C15H19N5S/c1-3-8-16-13(9-15-17-19-20(2)18-15)12-10-21-14-7-5-4-6-11(12)14/h4-7,10,13,16H,3,8-9H2,1-2H3. The number of nitrogens with zero attached hydrogens (tertiary/aromatic N) is 4. The number of benzene rings is 1. The summed E-state index contributed by atoms with van der Waals surface area (Å²) in [5.74, 6) is 0.779. The number of hydrogen-bond donors (Lipinski definition) is 1. The van der Waals surface area contributed by atoms with Gasteiger partial charge in [0, 0.05) is 17.2 Å². The number of tetrazole rings is 1. The molecule has 1 aromatic carbocycles. The van der Waals surface area contributed by atoms with E-state index in [1.165, 1.54) is 20.4 Å². The molecular formula is C15H19N5S. The van der Waals surface area contributed by atoms with Crippen LogP contribution >= 0.6 is 11.3 Å². The molecule has 2 heterocycles. The van der Waals surface area contributed by atoms with Gasteiger partial charge in [0.15, 0.2) is 5.82 Å². The molecular weight excluding hydrogens is 282 g/mol. The summed E-state index contributed by atoms with van der Waals surface area (Å²) < 4.78 is 1.32. The van der Waals surface area contributed by atoms with Gasteiger partial charge in [-0.15, -0.1) is 21.5 Å². The first-order valence-electron chi connectivity index (χ1n) is 7.20. The van der Waals surface area contributed by atoms with Gasteiger partial charge in [0.2, 0.25) is 0 Å². The van der Waals surface area contributed by atoms with Crippen LogP contribution in [-0.4, -0.2) is 26.8 Å². The van der Waals surface area contributed by atoms with Crippen LogP contribution in [0.2, 0.25) is 0 Å². The molecule has 0 saturated heterocycles. The average molecular weight is 301 g/mol. The van der Waals surface area contributed by atoms with Crippen LogP contribution in [0.25, 0.3) is 10.1 Å². The molecule has 0 aliphatic rings. The van der Waals surface area contributed by atoms with Gasteiger partial charge < -0.3 is 5.32 Å². The van der Waals surface area contributed by atoms with Gasteiger partial charge in [0.05, 0.1) is 7.05 Å².